The quantitative estimate of drug-likeness (QED) is 0.732. The summed E-state index contributed by atoms with van der Waals surface area (Å²) in [5, 5.41) is 0. The molecular weight excluding hydrogens is 244 g/mol. The number of benzene rings is 1. The predicted molar refractivity (Wildman–Crippen MR) is 58.4 cm³/mol. The zero-order valence-corrected chi connectivity index (χ0v) is 9.50. The molecule has 0 aliphatic rings. The number of rotatable bonds is 1. The van der Waals surface area contributed by atoms with Crippen molar-refractivity contribution >= 4 is 32.7 Å². The number of aryl methyl sites for hydroxylation is 1. The van der Waals surface area contributed by atoms with Crippen LogP contribution in [0, 0.1) is 0 Å². The number of halogens is 1. The molecule has 2 rings (SSSR count). The summed E-state index contributed by atoms with van der Waals surface area (Å²) in [7, 11) is 1.85. The van der Waals surface area contributed by atoms with E-state index in [0.717, 1.165) is 15.5 Å². The lowest BCUT2D eigenvalue weighted by Gasteiger charge is -1.96. The molecule has 0 amide bonds. The summed E-state index contributed by atoms with van der Waals surface area (Å²) in [5.74, 6) is 0.475. The molecule has 0 N–H and O–H groups in total. The van der Waals surface area contributed by atoms with Crippen LogP contribution in [0.5, 0.6) is 0 Å². The highest BCUT2D eigenvalue weighted by Gasteiger charge is 2.12. The number of hydrogen-bond acceptors (Lipinski definition) is 2. The van der Waals surface area contributed by atoms with Crippen molar-refractivity contribution in [1.82, 2.24) is 9.55 Å². The first-order valence-corrected chi connectivity index (χ1v) is 5.02. The highest BCUT2D eigenvalue weighted by Crippen LogP contribution is 2.23. The van der Waals surface area contributed by atoms with Crippen molar-refractivity contribution < 1.29 is 4.79 Å². The van der Waals surface area contributed by atoms with E-state index >= 15 is 0 Å². The first kappa shape index (κ1) is 9.40. The first-order valence-electron chi connectivity index (χ1n) is 4.23. The molecule has 2 aromatic rings. The zero-order valence-electron chi connectivity index (χ0n) is 7.91. The molecule has 0 radical (unpaired) electrons. The summed E-state index contributed by atoms with van der Waals surface area (Å²) < 4.78 is 2.72. The van der Waals surface area contributed by atoms with E-state index in [9.17, 15) is 4.79 Å². The van der Waals surface area contributed by atoms with E-state index < -0.39 is 0 Å². The Kier molecular flexibility index (Phi) is 2.15. The third kappa shape index (κ3) is 1.26. The summed E-state index contributed by atoms with van der Waals surface area (Å²) in [4.78, 5) is 15.5. The Morgan fingerprint density at radius 1 is 1.50 bits per heavy atom. The fourth-order valence-electron chi connectivity index (χ4n) is 1.50. The Morgan fingerprint density at radius 3 is 2.79 bits per heavy atom. The minimum atomic E-state index is -0.0180. The van der Waals surface area contributed by atoms with E-state index in [4.69, 9.17) is 0 Å². The molecule has 4 heteroatoms. The molecule has 0 atom stereocenters. The molecule has 0 fully saturated rings. The summed E-state index contributed by atoms with van der Waals surface area (Å²) in [6.45, 7) is 1.52. The van der Waals surface area contributed by atoms with Crippen molar-refractivity contribution in [2.24, 2.45) is 7.05 Å². The molecule has 0 saturated heterocycles. The van der Waals surface area contributed by atoms with Gasteiger partial charge in [-0.2, -0.15) is 0 Å². The van der Waals surface area contributed by atoms with Gasteiger partial charge in [-0.3, -0.25) is 4.79 Å². The maximum atomic E-state index is 11.2. The van der Waals surface area contributed by atoms with Crippen molar-refractivity contribution in [2.75, 3.05) is 0 Å². The largest absolute Gasteiger partial charge is 0.325 e. The number of carbonyl (C=O) groups is 1. The van der Waals surface area contributed by atoms with E-state index in [2.05, 4.69) is 20.9 Å². The van der Waals surface area contributed by atoms with Gasteiger partial charge >= 0.3 is 0 Å². The van der Waals surface area contributed by atoms with E-state index in [0.29, 0.717) is 5.82 Å². The average Bonchev–Trinajstić information content (AvgIpc) is 2.46. The maximum Gasteiger partial charge on any atom is 0.195 e. The van der Waals surface area contributed by atoms with Crippen LogP contribution < -0.4 is 0 Å². The molecule has 0 spiro atoms. The Labute approximate surface area is 89.9 Å². The van der Waals surface area contributed by atoms with Gasteiger partial charge in [0.25, 0.3) is 0 Å². The smallest absolute Gasteiger partial charge is 0.195 e. The second-order valence-corrected chi connectivity index (χ2v) is 4.01. The van der Waals surface area contributed by atoms with Crippen LogP contribution in [0.15, 0.2) is 22.7 Å². The monoisotopic (exact) mass is 252 g/mol. The van der Waals surface area contributed by atoms with Crippen LogP contribution in [0.3, 0.4) is 0 Å². The summed E-state index contributed by atoms with van der Waals surface area (Å²) in [6, 6.07) is 5.79. The van der Waals surface area contributed by atoms with E-state index in [-0.39, 0.29) is 5.78 Å². The molecule has 0 aliphatic heterocycles. The summed E-state index contributed by atoms with van der Waals surface area (Å²) in [6.07, 6.45) is 0. The lowest BCUT2D eigenvalue weighted by molar-refractivity contribution is 0.100. The van der Waals surface area contributed by atoms with Crippen LogP contribution in [0.25, 0.3) is 11.0 Å². The highest BCUT2D eigenvalue weighted by molar-refractivity contribution is 9.10. The summed E-state index contributed by atoms with van der Waals surface area (Å²) in [5.41, 5.74) is 1.80. The average molecular weight is 253 g/mol. The van der Waals surface area contributed by atoms with Crippen molar-refractivity contribution in [3.05, 3.63) is 28.5 Å². The zero-order chi connectivity index (χ0) is 10.3. The molecule has 0 aliphatic carbocycles. The van der Waals surface area contributed by atoms with Crippen LogP contribution in [0.4, 0.5) is 0 Å². The molecule has 1 aromatic heterocycles. The molecule has 0 unspecified atom stereocenters. The number of carbonyl (C=O) groups excluding carboxylic acids is 1. The number of hydrogen-bond donors (Lipinski definition) is 0. The van der Waals surface area contributed by atoms with E-state index in [1.807, 2.05) is 29.8 Å². The Balaban J connectivity index is 2.86. The van der Waals surface area contributed by atoms with Gasteiger partial charge in [-0.1, -0.05) is 6.07 Å². The molecule has 72 valence electrons. The third-order valence-electron chi connectivity index (χ3n) is 2.18. The molecule has 0 saturated carbocycles. The number of imidazole rings is 1. The maximum absolute atomic E-state index is 11.2. The Hall–Kier alpha value is -1.16. The third-order valence-corrected chi connectivity index (χ3v) is 2.82. The number of aromatic nitrogens is 2. The van der Waals surface area contributed by atoms with Gasteiger partial charge in [-0.25, -0.2) is 4.98 Å². The second-order valence-electron chi connectivity index (χ2n) is 3.16. The lowest BCUT2D eigenvalue weighted by atomic mass is 10.3. The van der Waals surface area contributed by atoms with Crippen molar-refractivity contribution in [2.45, 2.75) is 6.92 Å². The number of ketones is 1. The predicted octanol–water partition coefficient (Wildman–Crippen LogP) is 2.54. The van der Waals surface area contributed by atoms with Gasteiger partial charge in [0.05, 0.1) is 5.52 Å². The van der Waals surface area contributed by atoms with E-state index in [1.54, 1.807) is 0 Å². The SMILES string of the molecule is CC(=O)c1nc2c(Br)cccc2n1C. The Bertz CT molecular complexity index is 516. The van der Waals surface area contributed by atoms with Gasteiger partial charge in [0.2, 0.25) is 0 Å². The molecule has 0 bridgehead atoms. The topological polar surface area (TPSA) is 34.9 Å². The number of nitrogens with zero attached hydrogens (tertiary/aromatic N) is 2. The number of fused-ring (bicyclic) bond motifs is 1. The van der Waals surface area contributed by atoms with Crippen molar-refractivity contribution in [3.8, 4) is 0 Å². The molecule has 3 nitrogen and oxygen atoms in total. The van der Waals surface area contributed by atoms with Crippen LogP contribution in [-0.2, 0) is 7.05 Å². The summed E-state index contributed by atoms with van der Waals surface area (Å²) >= 11 is 3.41. The van der Waals surface area contributed by atoms with Crippen LogP contribution >= 0.6 is 15.9 Å². The van der Waals surface area contributed by atoms with Gasteiger partial charge < -0.3 is 4.57 Å². The second kappa shape index (κ2) is 3.20. The van der Waals surface area contributed by atoms with Gasteiger partial charge in [-0.15, -0.1) is 0 Å². The molecular formula is C10H9BrN2O. The van der Waals surface area contributed by atoms with Crippen molar-refractivity contribution in [3.63, 3.8) is 0 Å². The minimum absolute atomic E-state index is 0.0180. The van der Waals surface area contributed by atoms with Gasteiger partial charge in [0.15, 0.2) is 11.6 Å². The van der Waals surface area contributed by atoms with E-state index in [1.165, 1.54) is 6.92 Å². The van der Waals surface area contributed by atoms with Gasteiger partial charge in [0, 0.05) is 18.4 Å². The molecule has 14 heavy (non-hydrogen) atoms. The van der Waals surface area contributed by atoms with Crippen LogP contribution in [-0.4, -0.2) is 15.3 Å². The normalized spacial score (nSPS) is 10.8. The fourth-order valence-corrected chi connectivity index (χ4v) is 1.94. The van der Waals surface area contributed by atoms with Gasteiger partial charge in [0.1, 0.15) is 5.52 Å². The Morgan fingerprint density at radius 2 is 2.21 bits per heavy atom. The highest BCUT2D eigenvalue weighted by atomic mass is 79.9. The number of Topliss-reactive ketones (excluding diaryl/α,β-unsaturated/α-hetero) is 1. The fraction of sp³-hybridized carbons (Fsp3) is 0.200. The minimum Gasteiger partial charge on any atom is -0.325 e. The van der Waals surface area contributed by atoms with Crippen LogP contribution in [0.1, 0.15) is 17.5 Å². The molecule has 1 heterocycles. The molecule has 1 aromatic carbocycles. The van der Waals surface area contributed by atoms with Crippen LogP contribution in [0.2, 0.25) is 0 Å². The first-order chi connectivity index (χ1) is 6.61. The van der Waals surface area contributed by atoms with Gasteiger partial charge in [-0.05, 0) is 28.1 Å². The number of para-hydroxylation sites is 1. The van der Waals surface area contributed by atoms with Crippen molar-refractivity contribution in [1.29, 1.82) is 0 Å². The lowest BCUT2D eigenvalue weighted by Crippen LogP contribution is -2.02. The standard InChI is InChI=1S/C10H9BrN2O/c1-6(14)10-12-9-7(11)4-3-5-8(9)13(10)2/h3-5H,1-2H3.